The van der Waals surface area contributed by atoms with E-state index in [1.807, 2.05) is 0 Å². The van der Waals surface area contributed by atoms with Crippen LogP contribution in [0.1, 0.15) is 17.3 Å². The van der Waals surface area contributed by atoms with Gasteiger partial charge in [0.15, 0.2) is 0 Å². The molecule has 1 heterocycles. The predicted octanol–water partition coefficient (Wildman–Crippen LogP) is 1.94. The Bertz CT molecular complexity index is 508. The van der Waals surface area contributed by atoms with E-state index in [0.717, 1.165) is 0 Å². The molecule has 1 atom stereocenters. The Hall–Kier alpha value is -1.95. The summed E-state index contributed by atoms with van der Waals surface area (Å²) in [6, 6.07) is 0.0350. The molecule has 2 aromatic rings. The maximum Gasteiger partial charge on any atom is 0.134 e. The lowest BCUT2D eigenvalue weighted by Crippen LogP contribution is -2.17. The Morgan fingerprint density at radius 2 is 1.71 bits per heavy atom. The summed E-state index contributed by atoms with van der Waals surface area (Å²) in [6.45, 7) is 0. The zero-order chi connectivity index (χ0) is 12.4. The van der Waals surface area contributed by atoms with Crippen molar-refractivity contribution in [2.75, 3.05) is 0 Å². The highest BCUT2D eigenvalue weighted by molar-refractivity contribution is 5.29. The van der Waals surface area contributed by atoms with E-state index in [9.17, 15) is 13.2 Å². The van der Waals surface area contributed by atoms with Crippen LogP contribution >= 0.6 is 0 Å². The lowest BCUT2D eigenvalue weighted by atomic mass is 10.0. The number of hydrogen-bond donors (Lipinski definition) is 1. The van der Waals surface area contributed by atoms with Gasteiger partial charge < -0.3 is 5.73 Å². The van der Waals surface area contributed by atoms with Gasteiger partial charge in [0.25, 0.3) is 0 Å². The third kappa shape index (κ3) is 2.26. The molecule has 6 heteroatoms. The van der Waals surface area contributed by atoms with Crippen molar-refractivity contribution in [2.45, 2.75) is 6.04 Å². The highest BCUT2D eigenvalue weighted by Gasteiger charge is 2.20. The predicted molar refractivity (Wildman–Crippen MR) is 54.4 cm³/mol. The summed E-state index contributed by atoms with van der Waals surface area (Å²) >= 11 is 0. The first kappa shape index (κ1) is 11.5. The SMILES string of the molecule is NC(c1cnccn1)c1c(F)cc(F)cc1F. The third-order valence-electron chi connectivity index (χ3n) is 2.26. The topological polar surface area (TPSA) is 51.8 Å². The summed E-state index contributed by atoms with van der Waals surface area (Å²) in [5.41, 5.74) is 5.44. The van der Waals surface area contributed by atoms with Crippen LogP contribution in [-0.2, 0) is 0 Å². The smallest absolute Gasteiger partial charge is 0.134 e. The van der Waals surface area contributed by atoms with Gasteiger partial charge in [-0.2, -0.15) is 0 Å². The van der Waals surface area contributed by atoms with Crippen LogP contribution in [0.2, 0.25) is 0 Å². The molecule has 0 bridgehead atoms. The zero-order valence-electron chi connectivity index (χ0n) is 8.57. The largest absolute Gasteiger partial charge is 0.319 e. The summed E-state index contributed by atoms with van der Waals surface area (Å²) < 4.78 is 39.6. The fourth-order valence-electron chi connectivity index (χ4n) is 1.47. The van der Waals surface area contributed by atoms with Gasteiger partial charge in [-0.1, -0.05) is 0 Å². The van der Waals surface area contributed by atoms with E-state index in [1.165, 1.54) is 18.6 Å². The average Bonchev–Trinajstić information content (AvgIpc) is 2.28. The monoisotopic (exact) mass is 239 g/mol. The third-order valence-corrected chi connectivity index (χ3v) is 2.26. The normalized spacial score (nSPS) is 12.5. The van der Waals surface area contributed by atoms with E-state index in [2.05, 4.69) is 9.97 Å². The van der Waals surface area contributed by atoms with Gasteiger partial charge >= 0.3 is 0 Å². The van der Waals surface area contributed by atoms with Crippen molar-refractivity contribution in [3.8, 4) is 0 Å². The second-order valence-electron chi connectivity index (χ2n) is 3.39. The van der Waals surface area contributed by atoms with Gasteiger partial charge in [-0.25, -0.2) is 13.2 Å². The van der Waals surface area contributed by atoms with Crippen LogP contribution in [0, 0.1) is 17.5 Å². The molecule has 1 aromatic heterocycles. The van der Waals surface area contributed by atoms with E-state index < -0.39 is 29.1 Å². The zero-order valence-corrected chi connectivity index (χ0v) is 8.57. The second kappa shape index (κ2) is 4.50. The number of aromatic nitrogens is 2. The summed E-state index contributed by atoms with van der Waals surface area (Å²) in [4.78, 5) is 7.59. The Morgan fingerprint density at radius 1 is 1.06 bits per heavy atom. The first-order valence-corrected chi connectivity index (χ1v) is 4.75. The minimum absolute atomic E-state index is 0.205. The summed E-state index contributed by atoms with van der Waals surface area (Å²) in [5, 5.41) is 0. The van der Waals surface area contributed by atoms with Gasteiger partial charge in [-0.3, -0.25) is 9.97 Å². The molecule has 17 heavy (non-hydrogen) atoms. The number of nitrogens with two attached hydrogens (primary N) is 1. The summed E-state index contributed by atoms with van der Waals surface area (Å²) in [6.07, 6.45) is 4.06. The van der Waals surface area contributed by atoms with Crippen molar-refractivity contribution in [3.63, 3.8) is 0 Å². The van der Waals surface area contributed by atoms with E-state index in [0.29, 0.717) is 12.1 Å². The first-order chi connectivity index (χ1) is 8.09. The van der Waals surface area contributed by atoms with E-state index >= 15 is 0 Å². The van der Waals surface area contributed by atoms with Crippen molar-refractivity contribution in [3.05, 3.63) is 59.4 Å². The maximum absolute atomic E-state index is 13.4. The average molecular weight is 239 g/mol. The summed E-state index contributed by atoms with van der Waals surface area (Å²) in [5.74, 6) is -3.07. The van der Waals surface area contributed by atoms with Crippen LogP contribution in [0.15, 0.2) is 30.7 Å². The number of benzene rings is 1. The Labute approximate surface area is 95.1 Å². The van der Waals surface area contributed by atoms with E-state index in [1.54, 1.807) is 0 Å². The van der Waals surface area contributed by atoms with Crippen molar-refractivity contribution in [2.24, 2.45) is 5.73 Å². The van der Waals surface area contributed by atoms with Crippen molar-refractivity contribution < 1.29 is 13.2 Å². The molecule has 1 unspecified atom stereocenters. The van der Waals surface area contributed by atoms with Gasteiger partial charge in [0.1, 0.15) is 17.5 Å². The molecule has 88 valence electrons. The van der Waals surface area contributed by atoms with Gasteiger partial charge in [0.05, 0.1) is 17.9 Å². The lowest BCUT2D eigenvalue weighted by molar-refractivity contribution is 0.513. The molecule has 3 nitrogen and oxygen atoms in total. The highest BCUT2D eigenvalue weighted by atomic mass is 19.1. The molecule has 2 N–H and O–H groups in total. The minimum atomic E-state index is -1.12. The highest BCUT2D eigenvalue weighted by Crippen LogP contribution is 2.24. The van der Waals surface area contributed by atoms with Crippen molar-refractivity contribution in [1.82, 2.24) is 9.97 Å². The van der Waals surface area contributed by atoms with E-state index in [-0.39, 0.29) is 5.69 Å². The molecular formula is C11H8F3N3. The quantitative estimate of drug-likeness (QED) is 0.871. The fourth-order valence-corrected chi connectivity index (χ4v) is 1.47. The molecule has 0 aliphatic rings. The van der Waals surface area contributed by atoms with Crippen LogP contribution in [0.5, 0.6) is 0 Å². The molecule has 0 spiro atoms. The van der Waals surface area contributed by atoms with Crippen LogP contribution in [0.25, 0.3) is 0 Å². The number of halogens is 3. The molecule has 0 aliphatic heterocycles. The van der Waals surface area contributed by atoms with Crippen LogP contribution in [0.4, 0.5) is 13.2 Å². The Kier molecular flexibility index (Phi) is 3.06. The maximum atomic E-state index is 13.4. The van der Waals surface area contributed by atoms with Crippen molar-refractivity contribution in [1.29, 1.82) is 0 Å². The number of rotatable bonds is 2. The Morgan fingerprint density at radius 3 is 2.24 bits per heavy atom. The molecule has 0 fully saturated rings. The molecule has 0 radical (unpaired) electrons. The molecular weight excluding hydrogens is 231 g/mol. The molecule has 0 saturated carbocycles. The van der Waals surface area contributed by atoms with E-state index in [4.69, 9.17) is 5.73 Å². The van der Waals surface area contributed by atoms with Crippen LogP contribution < -0.4 is 5.73 Å². The van der Waals surface area contributed by atoms with Gasteiger partial charge in [0, 0.05) is 30.1 Å². The second-order valence-corrected chi connectivity index (χ2v) is 3.39. The van der Waals surface area contributed by atoms with Crippen molar-refractivity contribution >= 4 is 0 Å². The standard InChI is InChI=1S/C11H8F3N3/c12-6-3-7(13)10(8(14)4-6)11(15)9-5-16-1-2-17-9/h1-5,11H,15H2. The van der Waals surface area contributed by atoms with Gasteiger partial charge in [0.2, 0.25) is 0 Å². The van der Waals surface area contributed by atoms with Gasteiger partial charge in [-0.15, -0.1) is 0 Å². The molecule has 0 saturated heterocycles. The lowest BCUT2D eigenvalue weighted by Gasteiger charge is -2.12. The first-order valence-electron chi connectivity index (χ1n) is 4.75. The van der Waals surface area contributed by atoms with Gasteiger partial charge in [-0.05, 0) is 0 Å². The van der Waals surface area contributed by atoms with Crippen LogP contribution in [0.3, 0.4) is 0 Å². The summed E-state index contributed by atoms with van der Waals surface area (Å²) in [7, 11) is 0. The fraction of sp³-hybridized carbons (Fsp3) is 0.0909. The number of nitrogens with zero attached hydrogens (tertiary/aromatic N) is 2. The molecule has 0 aliphatic carbocycles. The Balaban J connectivity index is 2.48. The molecule has 1 aromatic carbocycles. The van der Waals surface area contributed by atoms with Crippen LogP contribution in [-0.4, -0.2) is 9.97 Å². The molecule has 0 amide bonds. The number of hydrogen-bond acceptors (Lipinski definition) is 3. The molecule has 2 rings (SSSR count). The minimum Gasteiger partial charge on any atom is -0.319 e.